The van der Waals surface area contributed by atoms with Crippen LogP contribution in [0.15, 0.2) is 35.3 Å². The molecule has 0 aromatic heterocycles. The average Bonchev–Trinajstić information content (AvgIpc) is 3.36. The van der Waals surface area contributed by atoms with E-state index < -0.39 is 0 Å². The molecule has 1 saturated carbocycles. The fraction of sp³-hybridized carbons (Fsp3) is 0.529. The molecule has 0 spiro atoms. The summed E-state index contributed by atoms with van der Waals surface area (Å²) in [6, 6.07) is 10.3. The van der Waals surface area contributed by atoms with Crippen molar-refractivity contribution in [3.8, 4) is 0 Å². The first-order valence-corrected chi connectivity index (χ1v) is 7.94. The number of guanidine groups is 1. The Hall–Kier alpha value is -2.04. The zero-order chi connectivity index (χ0) is 15.6. The van der Waals surface area contributed by atoms with E-state index in [0.717, 1.165) is 30.9 Å². The smallest absolute Gasteiger partial charge is 0.306 e. The molecular formula is C17H25N3O2. The lowest BCUT2D eigenvalue weighted by Gasteiger charge is -2.10. The van der Waals surface area contributed by atoms with Crippen LogP contribution in [0.25, 0.3) is 0 Å². The highest BCUT2D eigenvalue weighted by molar-refractivity contribution is 5.80. The van der Waals surface area contributed by atoms with Crippen LogP contribution in [0.3, 0.4) is 0 Å². The Balaban J connectivity index is 1.49. The molecule has 0 unspecified atom stereocenters. The summed E-state index contributed by atoms with van der Waals surface area (Å²) in [6.07, 6.45) is 4.66. The molecule has 120 valence electrons. The topological polar surface area (TPSA) is 62.7 Å². The fourth-order valence-electron chi connectivity index (χ4n) is 2.03. The highest BCUT2D eigenvalue weighted by Crippen LogP contribution is 2.18. The van der Waals surface area contributed by atoms with Crippen LogP contribution < -0.4 is 10.6 Å². The van der Waals surface area contributed by atoms with E-state index in [1.807, 2.05) is 30.3 Å². The molecule has 0 amide bonds. The van der Waals surface area contributed by atoms with E-state index in [2.05, 4.69) is 15.6 Å². The molecule has 0 bridgehead atoms. The predicted molar refractivity (Wildman–Crippen MR) is 87.6 cm³/mol. The van der Waals surface area contributed by atoms with Gasteiger partial charge in [-0.25, -0.2) is 0 Å². The molecule has 1 aliphatic rings. The zero-order valence-electron chi connectivity index (χ0n) is 13.2. The molecule has 2 N–H and O–H groups in total. The molecule has 5 nitrogen and oxygen atoms in total. The monoisotopic (exact) mass is 303 g/mol. The van der Waals surface area contributed by atoms with Gasteiger partial charge in [-0.2, -0.15) is 0 Å². The second kappa shape index (κ2) is 9.07. The maximum absolute atomic E-state index is 11.6. The zero-order valence-corrected chi connectivity index (χ0v) is 13.2. The fourth-order valence-corrected chi connectivity index (χ4v) is 2.03. The SMILES string of the molecule is CN=C(NCCCCC(=O)OCc1ccccc1)NC1CC1. The quantitative estimate of drug-likeness (QED) is 0.334. The summed E-state index contributed by atoms with van der Waals surface area (Å²) in [5.41, 5.74) is 1.02. The second-order valence-electron chi connectivity index (χ2n) is 5.52. The van der Waals surface area contributed by atoms with Crippen LogP contribution in [0.4, 0.5) is 0 Å². The lowest BCUT2D eigenvalue weighted by Crippen LogP contribution is -2.38. The van der Waals surface area contributed by atoms with Crippen molar-refractivity contribution in [2.45, 2.75) is 44.8 Å². The molecule has 0 aliphatic heterocycles. The summed E-state index contributed by atoms with van der Waals surface area (Å²) in [5, 5.41) is 6.59. The summed E-state index contributed by atoms with van der Waals surface area (Å²) in [6.45, 7) is 1.17. The molecule has 22 heavy (non-hydrogen) atoms. The van der Waals surface area contributed by atoms with Gasteiger partial charge < -0.3 is 15.4 Å². The van der Waals surface area contributed by atoms with Crippen molar-refractivity contribution in [2.75, 3.05) is 13.6 Å². The standard InChI is InChI=1S/C17H25N3O2/c1-18-17(20-15-10-11-15)19-12-6-5-9-16(21)22-13-14-7-3-2-4-8-14/h2-4,7-8,15H,5-6,9-13H2,1H3,(H2,18,19,20). The van der Waals surface area contributed by atoms with Gasteiger partial charge in [0, 0.05) is 26.1 Å². The molecule has 0 atom stereocenters. The number of hydrogen-bond acceptors (Lipinski definition) is 3. The molecule has 1 aromatic rings. The Kier molecular flexibility index (Phi) is 6.74. The van der Waals surface area contributed by atoms with Crippen LogP contribution in [0.5, 0.6) is 0 Å². The summed E-state index contributed by atoms with van der Waals surface area (Å²) in [5.74, 6) is 0.721. The van der Waals surface area contributed by atoms with E-state index in [9.17, 15) is 4.79 Å². The van der Waals surface area contributed by atoms with Crippen molar-refractivity contribution < 1.29 is 9.53 Å². The summed E-state index contributed by atoms with van der Waals surface area (Å²) >= 11 is 0. The lowest BCUT2D eigenvalue weighted by atomic mass is 10.2. The molecule has 1 fully saturated rings. The molecule has 1 aliphatic carbocycles. The summed E-state index contributed by atoms with van der Waals surface area (Å²) in [7, 11) is 1.78. The van der Waals surface area contributed by atoms with E-state index in [-0.39, 0.29) is 5.97 Å². The van der Waals surface area contributed by atoms with Gasteiger partial charge in [-0.1, -0.05) is 30.3 Å². The largest absolute Gasteiger partial charge is 0.461 e. The van der Waals surface area contributed by atoms with Gasteiger partial charge in [0.15, 0.2) is 5.96 Å². The summed E-state index contributed by atoms with van der Waals surface area (Å²) < 4.78 is 5.24. The maximum Gasteiger partial charge on any atom is 0.306 e. The van der Waals surface area contributed by atoms with E-state index >= 15 is 0 Å². The highest BCUT2D eigenvalue weighted by atomic mass is 16.5. The molecule has 0 radical (unpaired) electrons. The maximum atomic E-state index is 11.6. The number of nitrogens with one attached hydrogen (secondary N) is 2. The number of benzene rings is 1. The number of esters is 1. The van der Waals surface area contributed by atoms with Gasteiger partial charge in [-0.3, -0.25) is 9.79 Å². The Morgan fingerprint density at radius 2 is 2.05 bits per heavy atom. The first-order chi connectivity index (χ1) is 10.8. The van der Waals surface area contributed by atoms with Crippen molar-refractivity contribution in [2.24, 2.45) is 4.99 Å². The van der Waals surface area contributed by atoms with Crippen LogP contribution in [0.2, 0.25) is 0 Å². The van der Waals surface area contributed by atoms with Crippen molar-refractivity contribution >= 4 is 11.9 Å². The molecule has 0 heterocycles. The first kappa shape index (κ1) is 16.3. The van der Waals surface area contributed by atoms with Crippen molar-refractivity contribution in [1.29, 1.82) is 0 Å². The highest BCUT2D eigenvalue weighted by Gasteiger charge is 2.21. The molecule has 5 heteroatoms. The predicted octanol–water partition coefficient (Wildman–Crippen LogP) is 2.23. The number of ether oxygens (including phenoxy) is 1. The van der Waals surface area contributed by atoms with Crippen LogP contribution in [-0.4, -0.2) is 31.6 Å². The molecular weight excluding hydrogens is 278 g/mol. The van der Waals surface area contributed by atoms with Crippen molar-refractivity contribution in [3.63, 3.8) is 0 Å². The first-order valence-electron chi connectivity index (χ1n) is 7.94. The summed E-state index contributed by atoms with van der Waals surface area (Å²) in [4.78, 5) is 15.8. The normalized spacial score (nSPS) is 14.5. The van der Waals surface area contributed by atoms with Gasteiger partial charge in [0.1, 0.15) is 6.61 Å². The molecule has 2 rings (SSSR count). The number of nitrogens with zero attached hydrogens (tertiary/aromatic N) is 1. The van der Waals surface area contributed by atoms with Crippen molar-refractivity contribution in [3.05, 3.63) is 35.9 Å². The van der Waals surface area contributed by atoms with Crippen LogP contribution in [0, 0.1) is 0 Å². The number of carbonyl (C=O) groups excluding carboxylic acids is 1. The van der Waals surface area contributed by atoms with Crippen LogP contribution in [0.1, 0.15) is 37.7 Å². The van der Waals surface area contributed by atoms with Crippen LogP contribution >= 0.6 is 0 Å². The van der Waals surface area contributed by atoms with Gasteiger partial charge >= 0.3 is 5.97 Å². The van der Waals surface area contributed by atoms with E-state index in [1.165, 1.54) is 12.8 Å². The Morgan fingerprint density at radius 3 is 2.73 bits per heavy atom. The lowest BCUT2D eigenvalue weighted by molar-refractivity contribution is -0.145. The number of unbranched alkanes of at least 4 members (excludes halogenated alkanes) is 1. The number of aliphatic imine (C=N–C) groups is 1. The number of rotatable bonds is 8. The van der Waals surface area contributed by atoms with Gasteiger partial charge in [-0.15, -0.1) is 0 Å². The van der Waals surface area contributed by atoms with E-state index in [1.54, 1.807) is 7.05 Å². The third kappa shape index (κ3) is 6.61. The molecule has 0 saturated heterocycles. The number of hydrogen-bond donors (Lipinski definition) is 2. The van der Waals surface area contributed by atoms with Crippen LogP contribution in [-0.2, 0) is 16.1 Å². The van der Waals surface area contributed by atoms with Crippen molar-refractivity contribution in [1.82, 2.24) is 10.6 Å². The van der Waals surface area contributed by atoms with Gasteiger partial charge in [0.2, 0.25) is 0 Å². The third-order valence-corrected chi connectivity index (χ3v) is 3.48. The van der Waals surface area contributed by atoms with Gasteiger partial charge in [-0.05, 0) is 31.2 Å². The minimum Gasteiger partial charge on any atom is -0.461 e. The number of carbonyl (C=O) groups is 1. The third-order valence-electron chi connectivity index (χ3n) is 3.48. The Morgan fingerprint density at radius 1 is 1.27 bits per heavy atom. The Bertz CT molecular complexity index is 484. The molecule has 1 aromatic carbocycles. The van der Waals surface area contributed by atoms with Gasteiger partial charge in [0.05, 0.1) is 0 Å². The second-order valence-corrected chi connectivity index (χ2v) is 5.52. The minimum atomic E-state index is -0.135. The Labute approximate surface area is 132 Å². The van der Waals surface area contributed by atoms with E-state index in [0.29, 0.717) is 19.1 Å². The van der Waals surface area contributed by atoms with E-state index in [4.69, 9.17) is 4.74 Å². The minimum absolute atomic E-state index is 0.135. The average molecular weight is 303 g/mol. The van der Waals surface area contributed by atoms with Gasteiger partial charge in [0.25, 0.3) is 0 Å².